The quantitative estimate of drug-likeness (QED) is 0.685. The summed E-state index contributed by atoms with van der Waals surface area (Å²) in [4.78, 5) is 4.68. The lowest BCUT2D eigenvalue weighted by molar-refractivity contribution is 0.174. The molecule has 22 heavy (non-hydrogen) atoms. The van der Waals surface area contributed by atoms with E-state index < -0.39 is 0 Å². The van der Waals surface area contributed by atoms with Gasteiger partial charge in [-0.25, -0.2) is 4.98 Å². The lowest BCUT2D eigenvalue weighted by Crippen LogP contribution is -1.92. The zero-order valence-electron chi connectivity index (χ0n) is 11.7. The van der Waals surface area contributed by atoms with E-state index in [2.05, 4.69) is 20.6 Å². The molecule has 8 heteroatoms. The van der Waals surface area contributed by atoms with Crippen molar-refractivity contribution in [2.75, 3.05) is 6.79 Å². The number of hydrogen-bond acceptors (Lipinski definition) is 7. The first kappa shape index (κ1) is 13.6. The summed E-state index contributed by atoms with van der Waals surface area (Å²) in [5.41, 5.74) is 2.08. The van der Waals surface area contributed by atoms with Crippen LogP contribution in [0.2, 0.25) is 0 Å². The molecule has 3 aromatic rings. The molecule has 0 saturated carbocycles. The van der Waals surface area contributed by atoms with E-state index in [1.807, 2.05) is 29.8 Å². The van der Waals surface area contributed by atoms with Gasteiger partial charge in [0, 0.05) is 23.7 Å². The Morgan fingerprint density at radius 2 is 2.23 bits per heavy atom. The highest BCUT2D eigenvalue weighted by atomic mass is 32.2. The molecule has 1 aliphatic rings. The highest BCUT2D eigenvalue weighted by Crippen LogP contribution is 2.37. The lowest BCUT2D eigenvalue weighted by Gasteiger charge is -1.99. The van der Waals surface area contributed by atoms with Gasteiger partial charge in [-0.15, -0.1) is 21.5 Å². The Morgan fingerprint density at radius 1 is 1.32 bits per heavy atom. The van der Waals surface area contributed by atoms with Crippen molar-refractivity contribution >= 4 is 23.1 Å². The van der Waals surface area contributed by atoms with Crippen LogP contribution in [0.4, 0.5) is 0 Å². The predicted molar refractivity (Wildman–Crippen MR) is 84.2 cm³/mol. The number of ether oxygens (including phenoxy) is 2. The monoisotopic (exact) mass is 332 g/mol. The summed E-state index contributed by atoms with van der Waals surface area (Å²) in [6.45, 7) is 0.288. The van der Waals surface area contributed by atoms with Crippen LogP contribution in [-0.2, 0) is 12.8 Å². The summed E-state index contributed by atoms with van der Waals surface area (Å²) >= 11 is 3.25. The molecule has 0 spiro atoms. The highest BCUT2D eigenvalue weighted by molar-refractivity contribution is 7.98. The van der Waals surface area contributed by atoms with Crippen LogP contribution in [0.5, 0.6) is 11.5 Å². The van der Waals surface area contributed by atoms with E-state index in [0.29, 0.717) is 0 Å². The first-order valence-electron chi connectivity index (χ1n) is 6.61. The lowest BCUT2D eigenvalue weighted by atomic mass is 10.2. The number of thiazole rings is 1. The predicted octanol–water partition coefficient (Wildman–Crippen LogP) is 2.96. The zero-order chi connectivity index (χ0) is 14.9. The normalized spacial score (nSPS) is 12.8. The first-order chi connectivity index (χ1) is 10.8. The van der Waals surface area contributed by atoms with Crippen molar-refractivity contribution in [2.45, 2.75) is 10.9 Å². The molecule has 0 saturated heterocycles. The van der Waals surface area contributed by atoms with Gasteiger partial charge in [0.05, 0.1) is 5.69 Å². The molecule has 112 valence electrons. The van der Waals surface area contributed by atoms with Gasteiger partial charge in [0.2, 0.25) is 6.79 Å². The van der Waals surface area contributed by atoms with Gasteiger partial charge in [0.25, 0.3) is 0 Å². The third kappa shape index (κ3) is 2.55. The number of aryl methyl sites for hydroxylation is 1. The van der Waals surface area contributed by atoms with E-state index in [4.69, 9.17) is 9.47 Å². The molecule has 0 radical (unpaired) electrons. The Kier molecular flexibility index (Phi) is 3.47. The number of nitrogens with zero attached hydrogens (tertiary/aromatic N) is 4. The van der Waals surface area contributed by atoms with Crippen LogP contribution in [0.25, 0.3) is 10.6 Å². The summed E-state index contributed by atoms with van der Waals surface area (Å²) in [5.74, 6) is 2.34. The van der Waals surface area contributed by atoms with Crippen LogP contribution in [0.3, 0.4) is 0 Å². The minimum Gasteiger partial charge on any atom is -0.454 e. The van der Waals surface area contributed by atoms with Gasteiger partial charge in [-0.3, -0.25) is 0 Å². The fraction of sp³-hybridized carbons (Fsp3) is 0.214. The molecule has 0 unspecified atom stereocenters. The summed E-state index contributed by atoms with van der Waals surface area (Å²) < 4.78 is 12.6. The molecule has 0 fully saturated rings. The molecular weight excluding hydrogens is 320 g/mol. The van der Waals surface area contributed by atoms with E-state index in [1.165, 1.54) is 0 Å². The van der Waals surface area contributed by atoms with Crippen LogP contribution < -0.4 is 9.47 Å². The minimum absolute atomic E-state index is 0.288. The molecule has 4 rings (SSSR count). The third-order valence-electron chi connectivity index (χ3n) is 3.19. The van der Waals surface area contributed by atoms with Gasteiger partial charge in [-0.05, 0) is 18.2 Å². The van der Waals surface area contributed by atoms with Crippen molar-refractivity contribution in [2.24, 2.45) is 7.05 Å². The van der Waals surface area contributed by atoms with Gasteiger partial charge in [0.15, 0.2) is 16.7 Å². The fourth-order valence-corrected chi connectivity index (χ4v) is 3.78. The van der Waals surface area contributed by atoms with Gasteiger partial charge < -0.3 is 14.0 Å². The molecule has 3 heterocycles. The molecule has 0 amide bonds. The number of rotatable bonds is 4. The number of aromatic nitrogens is 4. The number of fused-ring (bicyclic) bond motifs is 1. The largest absolute Gasteiger partial charge is 0.454 e. The number of benzene rings is 1. The molecule has 0 atom stereocenters. The van der Waals surface area contributed by atoms with E-state index >= 15 is 0 Å². The second-order valence-corrected chi connectivity index (χ2v) is 6.53. The standard InChI is InChI=1S/C14H12N4O2S2/c1-18-7-15-17-14(18)22-6-10-5-21-13(16-10)9-2-3-11-12(4-9)20-8-19-11/h2-5,7H,6,8H2,1H3. The summed E-state index contributed by atoms with van der Waals surface area (Å²) in [5, 5.41) is 11.9. The maximum Gasteiger partial charge on any atom is 0.231 e. The van der Waals surface area contributed by atoms with Crippen molar-refractivity contribution in [3.63, 3.8) is 0 Å². The second-order valence-electron chi connectivity index (χ2n) is 4.73. The van der Waals surface area contributed by atoms with Gasteiger partial charge >= 0.3 is 0 Å². The molecule has 0 bridgehead atoms. The summed E-state index contributed by atoms with van der Waals surface area (Å²) in [7, 11) is 1.93. The molecule has 1 aromatic carbocycles. The van der Waals surface area contributed by atoms with E-state index in [0.717, 1.165) is 38.7 Å². The zero-order valence-corrected chi connectivity index (χ0v) is 13.4. The Hall–Kier alpha value is -2.06. The SMILES string of the molecule is Cn1cnnc1SCc1csc(-c2ccc3c(c2)OCO3)n1. The van der Waals surface area contributed by atoms with Crippen LogP contribution in [0, 0.1) is 0 Å². The van der Waals surface area contributed by atoms with Crippen molar-refractivity contribution in [1.29, 1.82) is 0 Å². The smallest absolute Gasteiger partial charge is 0.231 e. The Labute approximate surface area is 135 Å². The van der Waals surface area contributed by atoms with Crippen LogP contribution >= 0.6 is 23.1 Å². The summed E-state index contributed by atoms with van der Waals surface area (Å²) in [6.07, 6.45) is 1.70. The summed E-state index contributed by atoms with van der Waals surface area (Å²) in [6, 6.07) is 5.90. The van der Waals surface area contributed by atoms with Gasteiger partial charge in [-0.2, -0.15) is 0 Å². The third-order valence-corrected chi connectivity index (χ3v) is 5.20. The van der Waals surface area contributed by atoms with Crippen LogP contribution in [-0.4, -0.2) is 26.5 Å². The van der Waals surface area contributed by atoms with Gasteiger partial charge in [0.1, 0.15) is 11.3 Å². The Bertz CT molecular complexity index is 815. The molecule has 2 aromatic heterocycles. The minimum atomic E-state index is 0.288. The van der Waals surface area contributed by atoms with Crippen LogP contribution in [0.1, 0.15) is 5.69 Å². The van der Waals surface area contributed by atoms with Crippen LogP contribution in [0.15, 0.2) is 35.1 Å². The second kappa shape index (κ2) is 5.62. The Morgan fingerprint density at radius 3 is 3.09 bits per heavy atom. The van der Waals surface area contributed by atoms with Crippen molar-refractivity contribution in [3.8, 4) is 22.1 Å². The number of thioether (sulfide) groups is 1. The first-order valence-corrected chi connectivity index (χ1v) is 8.47. The molecular formula is C14H12N4O2S2. The maximum atomic E-state index is 5.41. The van der Waals surface area contributed by atoms with Gasteiger partial charge in [-0.1, -0.05) is 11.8 Å². The Balaban J connectivity index is 1.50. The van der Waals surface area contributed by atoms with E-state index in [9.17, 15) is 0 Å². The average molecular weight is 332 g/mol. The van der Waals surface area contributed by atoms with Crippen molar-refractivity contribution in [3.05, 3.63) is 35.6 Å². The topological polar surface area (TPSA) is 62.1 Å². The van der Waals surface area contributed by atoms with Crippen molar-refractivity contribution < 1.29 is 9.47 Å². The average Bonchev–Trinajstić information content (AvgIpc) is 3.25. The molecule has 0 aliphatic carbocycles. The van der Waals surface area contributed by atoms with E-state index in [1.54, 1.807) is 29.4 Å². The molecule has 0 N–H and O–H groups in total. The fourth-order valence-electron chi connectivity index (χ4n) is 2.08. The highest BCUT2D eigenvalue weighted by Gasteiger charge is 2.15. The maximum absolute atomic E-state index is 5.41. The van der Waals surface area contributed by atoms with Crippen molar-refractivity contribution in [1.82, 2.24) is 19.7 Å². The van der Waals surface area contributed by atoms with E-state index in [-0.39, 0.29) is 6.79 Å². The molecule has 1 aliphatic heterocycles. The number of hydrogen-bond donors (Lipinski definition) is 0. The molecule has 6 nitrogen and oxygen atoms in total.